The van der Waals surface area contributed by atoms with E-state index >= 15 is 0 Å². The maximum absolute atomic E-state index is 12.3. The van der Waals surface area contributed by atoms with Crippen LogP contribution >= 0.6 is 11.8 Å². The smallest absolute Gasteiger partial charge is 0.242 e. The average Bonchev–Trinajstić information content (AvgIpc) is 2.25. The van der Waals surface area contributed by atoms with Crippen molar-refractivity contribution in [3.63, 3.8) is 0 Å². The van der Waals surface area contributed by atoms with E-state index in [-0.39, 0.29) is 22.7 Å². The molecule has 0 aliphatic heterocycles. The van der Waals surface area contributed by atoms with Crippen LogP contribution in [-0.2, 0) is 11.0 Å². The van der Waals surface area contributed by atoms with E-state index in [1.165, 1.54) is 12.1 Å². The predicted molar refractivity (Wildman–Crippen MR) is 77.8 cm³/mol. The Morgan fingerprint density at radius 1 is 1.25 bits per heavy atom. The molecule has 0 bridgehead atoms. The highest BCUT2D eigenvalue weighted by atomic mass is 32.2. The van der Waals surface area contributed by atoms with Crippen molar-refractivity contribution in [1.82, 2.24) is 4.72 Å². The second-order valence-corrected chi connectivity index (χ2v) is 8.48. The van der Waals surface area contributed by atoms with E-state index in [1.54, 1.807) is 19.1 Å². The van der Waals surface area contributed by atoms with E-state index in [0.29, 0.717) is 5.56 Å². The molecule has 20 heavy (non-hydrogen) atoms. The van der Waals surface area contributed by atoms with Crippen molar-refractivity contribution in [2.45, 2.75) is 48.9 Å². The molecule has 0 saturated heterocycles. The highest BCUT2D eigenvalue weighted by Gasteiger charge is 2.29. The summed E-state index contributed by atoms with van der Waals surface area (Å²) in [5.41, 5.74) is -3.62. The van der Waals surface area contributed by atoms with Crippen LogP contribution in [-0.4, -0.2) is 14.5 Å². The quantitative estimate of drug-likeness (QED) is 0.831. The zero-order chi connectivity index (χ0) is 15.6. The largest absolute Gasteiger partial charge is 0.446 e. The summed E-state index contributed by atoms with van der Waals surface area (Å²) in [6.07, 6.45) is 0. The highest BCUT2D eigenvalue weighted by molar-refractivity contribution is 8.00. The molecule has 0 radical (unpaired) electrons. The monoisotopic (exact) mass is 325 g/mol. The van der Waals surface area contributed by atoms with Gasteiger partial charge in [0.15, 0.2) is 0 Å². The highest BCUT2D eigenvalue weighted by Crippen LogP contribution is 2.37. The maximum atomic E-state index is 12.3. The lowest BCUT2D eigenvalue weighted by atomic mass is 10.1. The first-order valence-corrected chi connectivity index (χ1v) is 7.99. The molecule has 114 valence electrons. The first-order chi connectivity index (χ1) is 8.99. The van der Waals surface area contributed by atoms with E-state index in [1.807, 2.05) is 20.8 Å². The van der Waals surface area contributed by atoms with E-state index in [9.17, 15) is 17.4 Å². The van der Waals surface area contributed by atoms with Crippen molar-refractivity contribution in [1.29, 1.82) is 0 Å². The lowest BCUT2D eigenvalue weighted by Gasteiger charge is -2.22. The number of halogens is 3. The summed E-state index contributed by atoms with van der Waals surface area (Å²) in [5.74, 6) is 0. The molecular formula is C13H18F3NOS2. The Labute approximate surface area is 124 Å². The van der Waals surface area contributed by atoms with E-state index in [4.69, 9.17) is 0 Å². The molecule has 0 aliphatic carbocycles. The molecule has 1 N–H and O–H groups in total. The van der Waals surface area contributed by atoms with Gasteiger partial charge in [-0.05, 0) is 57.2 Å². The second-order valence-electron chi connectivity index (χ2n) is 5.34. The molecule has 0 amide bonds. The Hall–Kier alpha value is -0.530. The van der Waals surface area contributed by atoms with Gasteiger partial charge in [0.1, 0.15) is 0 Å². The molecular weight excluding hydrogens is 307 g/mol. The van der Waals surface area contributed by atoms with Crippen LogP contribution in [0.1, 0.15) is 39.3 Å². The van der Waals surface area contributed by atoms with Crippen LogP contribution in [0.4, 0.5) is 13.2 Å². The molecule has 2 atom stereocenters. The zero-order valence-corrected chi connectivity index (χ0v) is 13.4. The van der Waals surface area contributed by atoms with Crippen molar-refractivity contribution < 1.29 is 17.4 Å². The van der Waals surface area contributed by atoms with Crippen molar-refractivity contribution in [2.75, 3.05) is 0 Å². The SMILES string of the molecule is C[C@H](NS(=O)C(C)(C)C)c1cccc(SC(F)(F)F)c1. The third-order valence-corrected chi connectivity index (χ3v) is 4.83. The number of benzene rings is 1. The summed E-state index contributed by atoms with van der Waals surface area (Å²) in [6, 6.07) is 5.88. The number of hydrogen-bond acceptors (Lipinski definition) is 2. The molecule has 0 spiro atoms. The van der Waals surface area contributed by atoms with Crippen LogP contribution in [0.25, 0.3) is 0 Å². The summed E-state index contributed by atoms with van der Waals surface area (Å²) < 4.78 is 51.5. The van der Waals surface area contributed by atoms with Crippen molar-refractivity contribution in [2.24, 2.45) is 0 Å². The lowest BCUT2D eigenvalue weighted by molar-refractivity contribution is -0.0328. The second kappa shape index (κ2) is 6.49. The maximum Gasteiger partial charge on any atom is 0.446 e. The molecule has 1 aromatic carbocycles. The van der Waals surface area contributed by atoms with Gasteiger partial charge in [-0.25, -0.2) is 8.93 Å². The number of hydrogen-bond donors (Lipinski definition) is 1. The topological polar surface area (TPSA) is 29.1 Å². The van der Waals surface area contributed by atoms with Crippen molar-refractivity contribution >= 4 is 22.7 Å². The molecule has 7 heteroatoms. The van der Waals surface area contributed by atoms with Gasteiger partial charge in [-0.2, -0.15) is 13.2 Å². The molecule has 0 fully saturated rings. The van der Waals surface area contributed by atoms with E-state index < -0.39 is 21.2 Å². The number of nitrogens with one attached hydrogen (secondary N) is 1. The normalized spacial score (nSPS) is 15.9. The molecule has 1 unspecified atom stereocenters. The Balaban J connectivity index is 2.81. The number of alkyl halides is 3. The van der Waals surface area contributed by atoms with Gasteiger partial charge in [0.2, 0.25) is 0 Å². The minimum atomic E-state index is -4.30. The minimum absolute atomic E-state index is 0.130. The molecule has 1 aromatic rings. The number of thioether (sulfide) groups is 1. The molecule has 0 aliphatic rings. The summed E-state index contributed by atoms with van der Waals surface area (Å²) in [4.78, 5) is 0.130. The van der Waals surface area contributed by atoms with Crippen LogP contribution in [0.3, 0.4) is 0 Å². The lowest BCUT2D eigenvalue weighted by Crippen LogP contribution is -2.34. The van der Waals surface area contributed by atoms with Crippen LogP contribution in [0.2, 0.25) is 0 Å². The molecule has 0 saturated carbocycles. The Morgan fingerprint density at radius 2 is 1.85 bits per heavy atom. The van der Waals surface area contributed by atoms with Gasteiger partial charge in [-0.1, -0.05) is 12.1 Å². The standard InChI is InChI=1S/C13H18F3NOS2/c1-9(17-20(18)12(2,3)4)10-6-5-7-11(8-10)19-13(14,15)16/h5-9,17H,1-4H3/t9-,20?/m0/s1. The summed E-state index contributed by atoms with van der Waals surface area (Å²) in [6.45, 7) is 7.28. The van der Waals surface area contributed by atoms with Gasteiger partial charge in [0, 0.05) is 10.9 Å². The Morgan fingerprint density at radius 3 is 2.35 bits per heavy atom. The molecule has 0 aromatic heterocycles. The Kier molecular flexibility index (Phi) is 5.69. The van der Waals surface area contributed by atoms with E-state index in [2.05, 4.69) is 4.72 Å². The molecule has 2 nitrogen and oxygen atoms in total. The average molecular weight is 325 g/mol. The summed E-state index contributed by atoms with van der Waals surface area (Å²) >= 11 is -0.147. The van der Waals surface area contributed by atoms with Gasteiger partial charge >= 0.3 is 5.51 Å². The first-order valence-electron chi connectivity index (χ1n) is 6.03. The van der Waals surface area contributed by atoms with Crippen molar-refractivity contribution in [3.05, 3.63) is 29.8 Å². The first kappa shape index (κ1) is 17.5. The van der Waals surface area contributed by atoms with Crippen LogP contribution in [0, 0.1) is 0 Å². The summed E-state index contributed by atoms with van der Waals surface area (Å²) in [5, 5.41) is 0. The third kappa shape index (κ3) is 5.85. The third-order valence-electron chi connectivity index (χ3n) is 2.43. The van der Waals surface area contributed by atoms with Crippen LogP contribution in [0.15, 0.2) is 29.2 Å². The molecule has 0 heterocycles. The van der Waals surface area contributed by atoms with E-state index in [0.717, 1.165) is 0 Å². The fourth-order valence-corrected chi connectivity index (χ4v) is 2.81. The fraction of sp³-hybridized carbons (Fsp3) is 0.538. The van der Waals surface area contributed by atoms with Crippen LogP contribution < -0.4 is 4.72 Å². The zero-order valence-electron chi connectivity index (χ0n) is 11.7. The minimum Gasteiger partial charge on any atom is -0.242 e. The Bertz CT molecular complexity index is 483. The van der Waals surface area contributed by atoms with Gasteiger partial charge in [-0.15, -0.1) is 0 Å². The van der Waals surface area contributed by atoms with Crippen LogP contribution in [0.5, 0.6) is 0 Å². The van der Waals surface area contributed by atoms with Gasteiger partial charge in [-0.3, -0.25) is 0 Å². The fourth-order valence-electron chi connectivity index (χ4n) is 1.39. The molecule has 1 rings (SSSR count). The number of rotatable bonds is 4. The van der Waals surface area contributed by atoms with Gasteiger partial charge in [0.25, 0.3) is 0 Å². The summed E-state index contributed by atoms with van der Waals surface area (Å²) in [7, 11) is -1.27. The van der Waals surface area contributed by atoms with Gasteiger partial charge in [0.05, 0.1) is 15.7 Å². The predicted octanol–water partition coefficient (Wildman–Crippen LogP) is 4.41. The van der Waals surface area contributed by atoms with Crippen molar-refractivity contribution in [3.8, 4) is 0 Å². The van der Waals surface area contributed by atoms with Gasteiger partial charge < -0.3 is 0 Å².